The van der Waals surface area contributed by atoms with Gasteiger partial charge >= 0.3 is 12.1 Å². The quantitative estimate of drug-likeness (QED) is 0.0444. The van der Waals surface area contributed by atoms with Crippen LogP contribution < -0.4 is 36.0 Å². The predicted molar refractivity (Wildman–Crippen MR) is 323 cm³/mol. The number of esters is 1. The zero-order chi connectivity index (χ0) is 58.4. The minimum atomic E-state index is -3.82. The van der Waals surface area contributed by atoms with Crippen molar-refractivity contribution in [3.05, 3.63) is 178 Å². The fraction of sp³-hybridized carbons (Fsp3) is 0.403. The SMILES string of the molecule is Cc1cc(C(C)(C)C)c(OCCOC(=O)CC2CC(C)(C)CC(C)(CNC(=O)OCCOc3c(C(C)(C)C)cc(C)c(C(=O)P(=O)(c4ccccc4)c4ccccc4)c3C)C2)c(C)c1C(=O)P(=O)(c1ccccc1)c1ccccc1. The van der Waals surface area contributed by atoms with Crippen molar-refractivity contribution in [1.82, 2.24) is 5.32 Å². The molecule has 1 fully saturated rings. The van der Waals surface area contributed by atoms with Gasteiger partial charge in [-0.25, -0.2) is 4.79 Å². The maximum Gasteiger partial charge on any atom is 0.407 e. The summed E-state index contributed by atoms with van der Waals surface area (Å²) in [5, 5.41) is 4.80. The van der Waals surface area contributed by atoms with Gasteiger partial charge in [0.15, 0.2) is 0 Å². The number of aryl methyl sites for hydroxylation is 2. The van der Waals surface area contributed by atoms with Gasteiger partial charge in [0, 0.05) is 67.6 Å². The van der Waals surface area contributed by atoms with Crippen LogP contribution in [0.2, 0.25) is 0 Å². The topological polar surface area (TPSA) is 151 Å². The van der Waals surface area contributed by atoms with Crippen molar-refractivity contribution < 1.29 is 47.3 Å². The Labute approximate surface area is 474 Å². The van der Waals surface area contributed by atoms with E-state index in [2.05, 4.69) is 67.6 Å². The van der Waals surface area contributed by atoms with Gasteiger partial charge in [-0.2, -0.15) is 0 Å². The van der Waals surface area contributed by atoms with E-state index in [-0.39, 0.29) is 66.4 Å². The van der Waals surface area contributed by atoms with Gasteiger partial charge in [-0.1, -0.05) is 196 Å². The van der Waals surface area contributed by atoms with Gasteiger partial charge < -0.3 is 33.4 Å². The van der Waals surface area contributed by atoms with Crippen molar-refractivity contribution in [2.75, 3.05) is 33.0 Å². The summed E-state index contributed by atoms with van der Waals surface area (Å²) in [6.45, 7) is 26.6. The molecule has 1 N–H and O–H groups in total. The molecule has 7 rings (SSSR count). The first-order valence-corrected chi connectivity index (χ1v) is 31.2. The van der Waals surface area contributed by atoms with Gasteiger partial charge in [0.2, 0.25) is 25.3 Å². The molecule has 80 heavy (non-hydrogen) atoms. The molecule has 1 aliphatic carbocycles. The van der Waals surface area contributed by atoms with E-state index in [9.17, 15) is 19.2 Å². The van der Waals surface area contributed by atoms with E-state index in [1.807, 2.05) is 64.1 Å². The molecule has 6 aromatic rings. The third-order valence-electron chi connectivity index (χ3n) is 15.3. The van der Waals surface area contributed by atoms with Crippen molar-refractivity contribution in [2.45, 2.75) is 127 Å². The molecule has 424 valence electrons. The number of carbonyl (C=O) groups is 4. The minimum absolute atomic E-state index is 0.00505. The van der Waals surface area contributed by atoms with Crippen molar-refractivity contribution >= 4 is 58.6 Å². The average molecular weight is 1120 g/mol. The van der Waals surface area contributed by atoms with Crippen molar-refractivity contribution in [2.24, 2.45) is 16.7 Å². The summed E-state index contributed by atoms with van der Waals surface area (Å²) in [5.74, 6) is 0.650. The second-order valence-electron chi connectivity index (χ2n) is 24.8. The standard InChI is InChI=1S/C67H81NO10P2/c1-45-38-54(64(5,6)7)59(47(3)57(45)61(70)79(73,50-26-18-14-19-27-50)51-28-20-15-21-29-51)76-35-34-75-56(69)40-49-41-66(11,12)43-67(13,42-49)44-68-63(72)78-37-36-77-60-48(4)58(46(2)39-55(60)65(8,9)10)62(71)80(74,52-30-22-16-23-31-52)53-32-24-17-25-33-53/h14-33,38-39,49H,34-37,40-44H2,1-13H3,(H,68,72). The average Bonchev–Trinajstić information content (AvgIpc) is 3.41. The Morgan fingerprint density at radius 3 is 1.26 bits per heavy atom. The van der Waals surface area contributed by atoms with Crippen LogP contribution in [0.25, 0.3) is 0 Å². The van der Waals surface area contributed by atoms with E-state index in [0.29, 0.717) is 79.1 Å². The summed E-state index contributed by atoms with van der Waals surface area (Å²) in [7, 11) is -7.63. The lowest BCUT2D eigenvalue weighted by molar-refractivity contribution is -0.146. The molecule has 1 amide bonds. The van der Waals surface area contributed by atoms with Gasteiger partial charge in [0.05, 0.1) is 0 Å². The van der Waals surface area contributed by atoms with Crippen molar-refractivity contribution in [3.8, 4) is 11.5 Å². The van der Waals surface area contributed by atoms with Crippen LogP contribution in [0.3, 0.4) is 0 Å². The normalized spacial score (nSPS) is 16.5. The molecule has 6 aromatic carbocycles. The number of hydrogen-bond donors (Lipinski definition) is 1. The molecule has 1 aliphatic rings. The summed E-state index contributed by atoms with van der Waals surface area (Å²) in [4.78, 5) is 56.5. The zero-order valence-electron chi connectivity index (χ0n) is 49.1. The summed E-state index contributed by atoms with van der Waals surface area (Å²) in [6.07, 6.45) is 1.91. The molecule has 0 aliphatic heterocycles. The lowest BCUT2D eigenvalue weighted by Gasteiger charge is -2.46. The Hall–Kier alpha value is -6.54. The van der Waals surface area contributed by atoms with Gasteiger partial charge in [0.25, 0.3) is 0 Å². The second-order valence-corrected chi connectivity index (χ2v) is 30.2. The molecule has 11 nitrogen and oxygen atoms in total. The molecule has 0 bridgehead atoms. The van der Waals surface area contributed by atoms with Crippen LogP contribution in [-0.2, 0) is 34.2 Å². The molecule has 0 spiro atoms. The molecule has 2 atom stereocenters. The van der Waals surface area contributed by atoms with Crippen LogP contribution in [0, 0.1) is 44.4 Å². The third-order valence-corrected chi connectivity index (χ3v) is 21.0. The van der Waals surface area contributed by atoms with E-state index in [1.54, 1.807) is 97.1 Å². The number of rotatable bonds is 20. The molecule has 2 unspecified atom stereocenters. The number of carbonyl (C=O) groups excluding carboxylic acids is 4. The maximum absolute atomic E-state index is 15.2. The highest BCUT2D eigenvalue weighted by atomic mass is 31.2. The van der Waals surface area contributed by atoms with E-state index in [0.717, 1.165) is 24.0 Å². The highest BCUT2D eigenvalue weighted by Gasteiger charge is 2.44. The second kappa shape index (κ2) is 24.7. The highest BCUT2D eigenvalue weighted by molar-refractivity contribution is 7.94. The van der Waals surface area contributed by atoms with Crippen LogP contribution in [0.15, 0.2) is 133 Å². The fourth-order valence-electron chi connectivity index (χ4n) is 12.0. The van der Waals surface area contributed by atoms with E-state index in [4.69, 9.17) is 18.9 Å². The van der Waals surface area contributed by atoms with Crippen LogP contribution >= 0.6 is 14.3 Å². The van der Waals surface area contributed by atoms with Gasteiger partial charge in [0.1, 0.15) is 37.9 Å². The zero-order valence-corrected chi connectivity index (χ0v) is 50.9. The predicted octanol–water partition coefficient (Wildman–Crippen LogP) is 13.8. The first-order chi connectivity index (χ1) is 37.6. The Kier molecular flexibility index (Phi) is 18.8. The molecular formula is C67H81NO10P2. The number of alkyl carbamates (subject to hydrolysis) is 1. The molecule has 0 aromatic heterocycles. The number of nitrogens with one attached hydrogen (secondary N) is 1. The third kappa shape index (κ3) is 13.6. The fourth-order valence-corrected chi connectivity index (χ4v) is 17.3. The first-order valence-electron chi connectivity index (χ1n) is 27.7. The summed E-state index contributed by atoms with van der Waals surface area (Å²) >= 11 is 0. The Balaban J connectivity index is 0.960. The molecule has 0 saturated heterocycles. The number of ether oxygens (including phenoxy) is 4. The lowest BCUT2D eigenvalue weighted by Crippen LogP contribution is -2.44. The molecule has 0 heterocycles. The summed E-state index contributed by atoms with van der Waals surface area (Å²) in [5.41, 5.74) is 2.85. The summed E-state index contributed by atoms with van der Waals surface area (Å²) < 4.78 is 54.8. The van der Waals surface area contributed by atoms with Gasteiger partial charge in [-0.3, -0.25) is 14.4 Å². The van der Waals surface area contributed by atoms with Crippen LogP contribution in [0.5, 0.6) is 11.5 Å². The Morgan fingerprint density at radius 2 is 0.900 bits per heavy atom. The monoisotopic (exact) mass is 1120 g/mol. The van der Waals surface area contributed by atoms with Crippen molar-refractivity contribution in [1.29, 1.82) is 0 Å². The van der Waals surface area contributed by atoms with Gasteiger partial charge in [-0.15, -0.1) is 0 Å². The molecule has 1 saturated carbocycles. The van der Waals surface area contributed by atoms with E-state index in [1.165, 1.54) is 0 Å². The summed E-state index contributed by atoms with van der Waals surface area (Å²) in [6, 6.07) is 39.5. The highest BCUT2D eigenvalue weighted by Crippen LogP contribution is 2.53. The maximum atomic E-state index is 15.2. The minimum Gasteiger partial charge on any atom is -0.489 e. The molecular weight excluding hydrogens is 1040 g/mol. The Morgan fingerprint density at radius 1 is 0.537 bits per heavy atom. The first kappa shape index (κ1) is 61.1. The van der Waals surface area contributed by atoms with Gasteiger partial charge in [-0.05, 0) is 85.7 Å². The molecule has 13 heteroatoms. The van der Waals surface area contributed by atoms with Crippen molar-refractivity contribution in [3.63, 3.8) is 0 Å². The number of hydrogen-bond acceptors (Lipinski definition) is 10. The smallest absolute Gasteiger partial charge is 0.407 e. The number of benzene rings is 6. The van der Waals surface area contributed by atoms with Crippen LogP contribution in [0.1, 0.15) is 142 Å². The van der Waals surface area contributed by atoms with E-state index >= 15 is 9.13 Å². The van der Waals surface area contributed by atoms with Crippen LogP contribution in [0.4, 0.5) is 4.79 Å². The Bertz CT molecular complexity index is 3220. The largest absolute Gasteiger partial charge is 0.489 e. The lowest BCUT2D eigenvalue weighted by atomic mass is 9.60. The van der Waals surface area contributed by atoms with Crippen LogP contribution in [-0.4, -0.2) is 56.1 Å². The van der Waals surface area contributed by atoms with E-state index < -0.39 is 31.4 Å². The molecule has 0 radical (unpaired) electrons. The number of amides is 1.